The van der Waals surface area contributed by atoms with Crippen molar-refractivity contribution in [3.8, 4) is 0 Å². The Kier molecular flexibility index (Phi) is 9.74. The first-order valence-electron chi connectivity index (χ1n) is 6.27. The monoisotopic (exact) mass is 302 g/mol. The Labute approximate surface area is 126 Å². The van der Waals surface area contributed by atoms with Crippen LogP contribution in [-0.2, 0) is 4.79 Å². The van der Waals surface area contributed by atoms with Gasteiger partial charge >= 0.3 is 0 Å². The van der Waals surface area contributed by atoms with E-state index in [1.165, 1.54) is 0 Å². The number of thioether (sulfide) groups is 1. The van der Waals surface area contributed by atoms with Crippen molar-refractivity contribution in [1.29, 1.82) is 0 Å². The van der Waals surface area contributed by atoms with Gasteiger partial charge in [-0.25, -0.2) is 0 Å². The number of likely N-dealkylation sites (N-methyl/N-ethyl adjacent to an activating group) is 1. The predicted octanol–water partition coefficient (Wildman–Crippen LogP) is 2.63. The number of amides is 1. The lowest BCUT2D eigenvalue weighted by Crippen LogP contribution is -2.40. The van der Waals surface area contributed by atoms with Crippen molar-refractivity contribution in [2.75, 3.05) is 19.3 Å². The highest BCUT2D eigenvalue weighted by atomic mass is 35.5. The van der Waals surface area contributed by atoms with E-state index in [1.54, 1.807) is 11.8 Å². The molecule has 5 heteroatoms. The third kappa shape index (κ3) is 6.32. The minimum atomic E-state index is -0.125. The molecule has 0 saturated carbocycles. The molecule has 1 rings (SSSR count). The first kappa shape index (κ1) is 18.3. The molecule has 0 spiro atoms. The molecule has 0 aliphatic rings. The Morgan fingerprint density at radius 3 is 2.47 bits per heavy atom. The number of carbonyl (C=O) groups excluding carboxylic acids is 1. The van der Waals surface area contributed by atoms with Crippen LogP contribution in [0.1, 0.15) is 24.7 Å². The van der Waals surface area contributed by atoms with E-state index >= 15 is 0 Å². The van der Waals surface area contributed by atoms with Gasteiger partial charge in [-0.1, -0.05) is 37.3 Å². The molecule has 19 heavy (non-hydrogen) atoms. The van der Waals surface area contributed by atoms with Crippen molar-refractivity contribution >= 4 is 30.1 Å². The van der Waals surface area contributed by atoms with E-state index in [-0.39, 0.29) is 23.6 Å². The molecular formula is C14H23ClN2OS. The van der Waals surface area contributed by atoms with Gasteiger partial charge in [0.2, 0.25) is 5.91 Å². The van der Waals surface area contributed by atoms with Crippen LogP contribution in [0.2, 0.25) is 0 Å². The number of hydrogen-bond acceptors (Lipinski definition) is 3. The van der Waals surface area contributed by atoms with Gasteiger partial charge in [0, 0.05) is 12.6 Å². The fraction of sp³-hybridized carbons (Fsp3) is 0.500. The molecule has 0 fully saturated rings. The lowest BCUT2D eigenvalue weighted by Gasteiger charge is -2.18. The van der Waals surface area contributed by atoms with E-state index in [2.05, 4.69) is 24.5 Å². The van der Waals surface area contributed by atoms with Crippen LogP contribution >= 0.6 is 24.2 Å². The van der Waals surface area contributed by atoms with Gasteiger partial charge in [0.15, 0.2) is 0 Å². The smallest absolute Gasteiger partial charge is 0.237 e. The van der Waals surface area contributed by atoms with Gasteiger partial charge in [-0.15, -0.1) is 24.2 Å². The molecule has 3 nitrogen and oxygen atoms in total. The second-order valence-corrected chi connectivity index (χ2v) is 5.17. The van der Waals surface area contributed by atoms with Crippen molar-refractivity contribution in [3.05, 3.63) is 35.9 Å². The van der Waals surface area contributed by atoms with Gasteiger partial charge in [-0.2, -0.15) is 0 Å². The summed E-state index contributed by atoms with van der Waals surface area (Å²) < 4.78 is 0. The van der Waals surface area contributed by atoms with Crippen LogP contribution < -0.4 is 10.6 Å². The maximum atomic E-state index is 12.1. The molecule has 0 aromatic heterocycles. The lowest BCUT2D eigenvalue weighted by molar-refractivity contribution is -0.120. The molecule has 0 bridgehead atoms. The second kappa shape index (κ2) is 10.1. The van der Waals surface area contributed by atoms with Gasteiger partial charge < -0.3 is 10.6 Å². The number of hydrogen-bond donors (Lipinski definition) is 2. The van der Waals surface area contributed by atoms with Crippen molar-refractivity contribution in [2.24, 2.45) is 0 Å². The summed E-state index contributed by atoms with van der Waals surface area (Å²) in [6, 6.07) is 10.2. The van der Waals surface area contributed by atoms with E-state index in [0.29, 0.717) is 12.6 Å². The molecule has 0 aliphatic heterocycles. The number of nitrogens with one attached hydrogen (secondary N) is 2. The highest BCUT2D eigenvalue weighted by Crippen LogP contribution is 2.26. The molecule has 108 valence electrons. The van der Waals surface area contributed by atoms with E-state index < -0.39 is 0 Å². The van der Waals surface area contributed by atoms with E-state index in [0.717, 1.165) is 12.1 Å². The molecule has 1 amide bonds. The molecule has 1 aromatic rings. The maximum Gasteiger partial charge on any atom is 0.237 e. The summed E-state index contributed by atoms with van der Waals surface area (Å²) in [6.45, 7) is 5.71. The van der Waals surface area contributed by atoms with Crippen LogP contribution in [0.3, 0.4) is 0 Å². The third-order valence-corrected chi connectivity index (χ3v) is 3.67. The van der Waals surface area contributed by atoms with Gasteiger partial charge in [-0.05, 0) is 25.3 Å². The molecule has 0 heterocycles. The zero-order valence-corrected chi connectivity index (χ0v) is 13.3. The van der Waals surface area contributed by atoms with Crippen LogP contribution in [0.4, 0.5) is 0 Å². The Morgan fingerprint density at radius 1 is 1.32 bits per heavy atom. The summed E-state index contributed by atoms with van der Waals surface area (Å²) in [6.07, 6.45) is 1.96. The lowest BCUT2D eigenvalue weighted by atomic mass is 10.1. The van der Waals surface area contributed by atoms with E-state index in [9.17, 15) is 4.79 Å². The van der Waals surface area contributed by atoms with Crippen molar-refractivity contribution in [2.45, 2.75) is 25.1 Å². The van der Waals surface area contributed by atoms with Crippen LogP contribution in [0.5, 0.6) is 0 Å². The SMILES string of the molecule is CCN[C@H](C)CNC(=O)C(SC)c1ccccc1.Cl. The molecule has 2 N–H and O–H groups in total. The van der Waals surface area contributed by atoms with Gasteiger partial charge in [-0.3, -0.25) is 4.79 Å². The highest BCUT2D eigenvalue weighted by Gasteiger charge is 2.19. The molecular weight excluding hydrogens is 280 g/mol. The minimum Gasteiger partial charge on any atom is -0.353 e. The summed E-state index contributed by atoms with van der Waals surface area (Å²) in [7, 11) is 0. The van der Waals surface area contributed by atoms with E-state index in [1.807, 2.05) is 36.6 Å². The van der Waals surface area contributed by atoms with Crippen LogP contribution in [-0.4, -0.2) is 31.3 Å². The Bertz CT molecular complexity index is 362. The third-order valence-electron chi connectivity index (χ3n) is 2.71. The normalized spacial score (nSPS) is 13.2. The number of carbonyl (C=O) groups is 1. The molecule has 2 atom stereocenters. The summed E-state index contributed by atoms with van der Waals surface area (Å²) >= 11 is 1.56. The molecule has 1 aromatic carbocycles. The van der Waals surface area contributed by atoms with Crippen LogP contribution in [0, 0.1) is 0 Å². The fourth-order valence-electron chi connectivity index (χ4n) is 1.79. The molecule has 0 aliphatic carbocycles. The number of rotatable bonds is 7. The predicted molar refractivity (Wildman–Crippen MR) is 86.1 cm³/mol. The number of halogens is 1. The summed E-state index contributed by atoms with van der Waals surface area (Å²) in [5, 5.41) is 6.15. The maximum absolute atomic E-state index is 12.1. The largest absolute Gasteiger partial charge is 0.353 e. The average molecular weight is 303 g/mol. The summed E-state index contributed by atoms with van der Waals surface area (Å²) in [5.74, 6) is 0.0819. The average Bonchev–Trinajstić information content (AvgIpc) is 2.39. The molecule has 0 saturated heterocycles. The van der Waals surface area contributed by atoms with Crippen LogP contribution in [0.15, 0.2) is 30.3 Å². The van der Waals surface area contributed by atoms with Gasteiger partial charge in [0.05, 0.1) is 0 Å². The van der Waals surface area contributed by atoms with Crippen molar-refractivity contribution < 1.29 is 4.79 Å². The minimum absolute atomic E-state index is 0. The van der Waals surface area contributed by atoms with Gasteiger partial charge in [0.1, 0.15) is 5.25 Å². The van der Waals surface area contributed by atoms with E-state index in [4.69, 9.17) is 0 Å². The Balaban J connectivity index is 0.00000324. The van der Waals surface area contributed by atoms with Crippen molar-refractivity contribution in [1.82, 2.24) is 10.6 Å². The van der Waals surface area contributed by atoms with Crippen molar-refractivity contribution in [3.63, 3.8) is 0 Å². The molecule has 1 unspecified atom stereocenters. The summed E-state index contributed by atoms with van der Waals surface area (Å²) in [4.78, 5) is 12.1. The first-order chi connectivity index (χ1) is 8.69. The fourth-order valence-corrected chi connectivity index (χ4v) is 2.52. The highest BCUT2D eigenvalue weighted by molar-refractivity contribution is 7.99. The number of benzene rings is 1. The first-order valence-corrected chi connectivity index (χ1v) is 7.56. The zero-order valence-electron chi connectivity index (χ0n) is 11.7. The zero-order chi connectivity index (χ0) is 13.4. The molecule has 0 radical (unpaired) electrons. The quantitative estimate of drug-likeness (QED) is 0.813. The van der Waals surface area contributed by atoms with Gasteiger partial charge in [0.25, 0.3) is 0 Å². The topological polar surface area (TPSA) is 41.1 Å². The summed E-state index contributed by atoms with van der Waals surface area (Å²) in [5.41, 5.74) is 1.05. The second-order valence-electron chi connectivity index (χ2n) is 4.23. The Hall–Kier alpha value is -0.710. The standard InChI is InChI=1S/C14H22N2OS.ClH/c1-4-15-11(2)10-16-14(17)13(18-3)12-8-6-5-7-9-12;/h5-9,11,13,15H,4,10H2,1-3H3,(H,16,17);1H/t11-,13?;/m1./s1. The van der Waals surface area contributed by atoms with Crippen LogP contribution in [0.25, 0.3) is 0 Å². The Morgan fingerprint density at radius 2 is 1.95 bits per heavy atom.